The van der Waals surface area contributed by atoms with E-state index in [1.165, 1.54) is 0 Å². The number of para-hydroxylation sites is 1. The predicted molar refractivity (Wildman–Crippen MR) is 119 cm³/mol. The zero-order valence-electron chi connectivity index (χ0n) is 17.8. The van der Waals surface area contributed by atoms with Crippen molar-refractivity contribution in [2.45, 2.75) is 32.3 Å². The molecule has 3 aromatic carbocycles. The van der Waals surface area contributed by atoms with Gasteiger partial charge in [0.15, 0.2) is 0 Å². The summed E-state index contributed by atoms with van der Waals surface area (Å²) in [7, 11) is 0. The Morgan fingerprint density at radius 3 is 2.26 bits per heavy atom. The van der Waals surface area contributed by atoms with Crippen LogP contribution in [-0.4, -0.2) is 30.8 Å². The molecule has 1 N–H and O–H groups in total. The Morgan fingerprint density at radius 2 is 1.52 bits per heavy atom. The van der Waals surface area contributed by atoms with Gasteiger partial charge < -0.3 is 14.2 Å². The molecule has 3 aromatic rings. The summed E-state index contributed by atoms with van der Waals surface area (Å²) >= 11 is 0. The van der Waals surface area contributed by atoms with Gasteiger partial charge in [0.1, 0.15) is 23.8 Å². The first-order valence-corrected chi connectivity index (χ1v) is 10.4. The summed E-state index contributed by atoms with van der Waals surface area (Å²) in [5.41, 5.74) is -0.485. The maximum atomic E-state index is 11.9. The van der Waals surface area contributed by atoms with Gasteiger partial charge in [-0.2, -0.15) is 0 Å². The molecule has 6 nitrogen and oxygen atoms in total. The van der Waals surface area contributed by atoms with E-state index in [-0.39, 0.29) is 12.5 Å². The van der Waals surface area contributed by atoms with Crippen molar-refractivity contribution in [1.29, 1.82) is 0 Å². The fraction of sp³-hybridized carbons (Fsp3) is 0.280. The van der Waals surface area contributed by atoms with Crippen LogP contribution >= 0.6 is 0 Å². The number of fused-ring (bicyclic) bond motifs is 1. The van der Waals surface area contributed by atoms with Crippen LogP contribution < -0.4 is 14.8 Å². The third-order valence-electron chi connectivity index (χ3n) is 5.24. The van der Waals surface area contributed by atoms with E-state index in [1.807, 2.05) is 42.5 Å². The minimum Gasteiger partial charge on any atom is -0.485 e. The largest absolute Gasteiger partial charge is 0.485 e. The van der Waals surface area contributed by atoms with Crippen LogP contribution in [0.5, 0.6) is 11.5 Å². The summed E-state index contributed by atoms with van der Waals surface area (Å²) < 4.78 is 16.4. The van der Waals surface area contributed by atoms with Crippen molar-refractivity contribution in [3.8, 4) is 11.5 Å². The van der Waals surface area contributed by atoms with E-state index in [0.29, 0.717) is 6.54 Å². The smallest absolute Gasteiger partial charge is 0.422 e. The topological polar surface area (TPSA) is 73.9 Å². The van der Waals surface area contributed by atoms with Gasteiger partial charge in [0.05, 0.1) is 0 Å². The molecule has 0 fully saturated rings. The number of carbonyl (C=O) groups excluding carboxylic acids is 2. The van der Waals surface area contributed by atoms with E-state index in [0.717, 1.165) is 29.4 Å². The highest BCUT2D eigenvalue weighted by atomic mass is 16.6. The molecule has 0 aliphatic rings. The number of ether oxygens (including phenoxy) is 3. The Kier molecular flexibility index (Phi) is 7.62. The second-order valence-corrected chi connectivity index (χ2v) is 7.17. The molecule has 0 aliphatic carbocycles. The van der Waals surface area contributed by atoms with E-state index in [9.17, 15) is 9.59 Å². The van der Waals surface area contributed by atoms with Crippen LogP contribution in [0.25, 0.3) is 10.8 Å². The SMILES string of the molecule is CCC(CC)(CNCOC(=O)C(=O)Oc1ccccc1)Oc1cccc2ccccc12. The van der Waals surface area contributed by atoms with E-state index in [1.54, 1.807) is 30.3 Å². The molecular weight excluding hydrogens is 394 g/mol. The van der Waals surface area contributed by atoms with E-state index in [4.69, 9.17) is 14.2 Å². The van der Waals surface area contributed by atoms with Gasteiger partial charge in [-0.05, 0) is 36.4 Å². The number of nitrogens with one attached hydrogen (secondary N) is 1. The molecule has 31 heavy (non-hydrogen) atoms. The molecule has 0 amide bonds. The molecule has 0 aromatic heterocycles. The van der Waals surface area contributed by atoms with Crippen molar-refractivity contribution < 1.29 is 23.8 Å². The molecule has 6 heteroatoms. The molecule has 0 bridgehead atoms. The average molecular weight is 421 g/mol. The minimum atomic E-state index is -1.06. The van der Waals surface area contributed by atoms with Crippen molar-refractivity contribution >= 4 is 22.7 Å². The molecule has 0 saturated heterocycles. The first-order chi connectivity index (χ1) is 15.1. The predicted octanol–water partition coefficient (Wildman–Crippen LogP) is 4.47. The number of hydrogen-bond donors (Lipinski definition) is 1. The lowest BCUT2D eigenvalue weighted by atomic mass is 9.96. The van der Waals surface area contributed by atoms with Crippen molar-refractivity contribution in [2.24, 2.45) is 0 Å². The zero-order chi connectivity index (χ0) is 22.1. The van der Waals surface area contributed by atoms with Gasteiger partial charge >= 0.3 is 11.9 Å². The molecule has 0 spiro atoms. The number of carbonyl (C=O) groups is 2. The van der Waals surface area contributed by atoms with E-state index < -0.39 is 17.5 Å². The molecule has 0 aliphatic heterocycles. The van der Waals surface area contributed by atoms with Crippen molar-refractivity contribution in [3.63, 3.8) is 0 Å². The maximum Gasteiger partial charge on any atom is 0.422 e. The molecule has 0 atom stereocenters. The molecule has 0 unspecified atom stereocenters. The lowest BCUT2D eigenvalue weighted by molar-refractivity contribution is -0.162. The van der Waals surface area contributed by atoms with Gasteiger partial charge in [-0.1, -0.05) is 68.4 Å². The van der Waals surface area contributed by atoms with Crippen LogP contribution in [0.1, 0.15) is 26.7 Å². The highest BCUT2D eigenvalue weighted by Crippen LogP contribution is 2.31. The van der Waals surface area contributed by atoms with Crippen LogP contribution in [0.2, 0.25) is 0 Å². The Morgan fingerprint density at radius 1 is 0.839 bits per heavy atom. The third-order valence-corrected chi connectivity index (χ3v) is 5.24. The molecule has 0 saturated carbocycles. The normalized spacial score (nSPS) is 11.2. The van der Waals surface area contributed by atoms with Gasteiger partial charge in [-0.15, -0.1) is 0 Å². The highest BCUT2D eigenvalue weighted by Gasteiger charge is 2.29. The summed E-state index contributed by atoms with van der Waals surface area (Å²) in [4.78, 5) is 23.7. The maximum absolute atomic E-state index is 11.9. The molecule has 162 valence electrons. The molecule has 3 rings (SSSR count). The Hall–Kier alpha value is -3.38. The zero-order valence-corrected chi connectivity index (χ0v) is 17.8. The summed E-state index contributed by atoms with van der Waals surface area (Å²) in [6, 6.07) is 22.4. The van der Waals surface area contributed by atoms with Gasteiger partial charge in [0.25, 0.3) is 0 Å². The fourth-order valence-corrected chi connectivity index (χ4v) is 3.29. The number of hydrogen-bond acceptors (Lipinski definition) is 6. The lowest BCUT2D eigenvalue weighted by Gasteiger charge is -2.33. The second-order valence-electron chi connectivity index (χ2n) is 7.17. The van der Waals surface area contributed by atoms with E-state index >= 15 is 0 Å². The summed E-state index contributed by atoms with van der Waals surface area (Å²) in [6.45, 7) is 4.44. The molecule has 0 heterocycles. The molecule has 0 radical (unpaired) electrons. The minimum absolute atomic E-state index is 0.122. The standard InChI is InChI=1S/C25H27NO5/c1-3-25(4-2,31-22-16-10-12-19-11-8-9-15-21(19)22)17-26-18-29-23(27)24(28)30-20-13-6-5-7-14-20/h5-16,26H,3-4,17-18H2,1-2H3. The monoisotopic (exact) mass is 421 g/mol. The summed E-state index contributed by atoms with van der Waals surface area (Å²) in [5, 5.41) is 5.23. The highest BCUT2D eigenvalue weighted by molar-refractivity contribution is 6.30. The first-order valence-electron chi connectivity index (χ1n) is 10.4. The number of benzene rings is 3. The number of esters is 2. The van der Waals surface area contributed by atoms with Gasteiger partial charge in [-0.3, -0.25) is 5.32 Å². The van der Waals surface area contributed by atoms with Crippen LogP contribution in [0, 0.1) is 0 Å². The number of rotatable bonds is 9. The summed E-state index contributed by atoms with van der Waals surface area (Å²) in [5.74, 6) is -1.01. The fourth-order valence-electron chi connectivity index (χ4n) is 3.29. The third kappa shape index (κ3) is 5.83. The van der Waals surface area contributed by atoms with Crippen LogP contribution in [0.4, 0.5) is 0 Å². The van der Waals surface area contributed by atoms with E-state index in [2.05, 4.69) is 19.2 Å². The van der Waals surface area contributed by atoms with Crippen LogP contribution in [0.3, 0.4) is 0 Å². The Balaban J connectivity index is 1.55. The Labute approximate surface area is 182 Å². The molecular formula is C25H27NO5. The van der Waals surface area contributed by atoms with Gasteiger partial charge in [0.2, 0.25) is 0 Å². The van der Waals surface area contributed by atoms with Crippen molar-refractivity contribution in [3.05, 3.63) is 72.8 Å². The van der Waals surface area contributed by atoms with Gasteiger partial charge in [0, 0.05) is 11.9 Å². The van der Waals surface area contributed by atoms with Crippen LogP contribution in [-0.2, 0) is 14.3 Å². The Bertz CT molecular complexity index is 1010. The second kappa shape index (κ2) is 10.6. The summed E-state index contributed by atoms with van der Waals surface area (Å²) in [6.07, 6.45) is 1.51. The van der Waals surface area contributed by atoms with Crippen molar-refractivity contribution in [2.75, 3.05) is 13.3 Å². The average Bonchev–Trinajstić information content (AvgIpc) is 2.81. The van der Waals surface area contributed by atoms with Crippen LogP contribution in [0.15, 0.2) is 72.8 Å². The van der Waals surface area contributed by atoms with Gasteiger partial charge in [-0.25, -0.2) is 9.59 Å². The first kappa shape index (κ1) is 22.3. The quantitative estimate of drug-likeness (QED) is 0.181. The van der Waals surface area contributed by atoms with Crippen molar-refractivity contribution in [1.82, 2.24) is 5.32 Å². The lowest BCUT2D eigenvalue weighted by Crippen LogP contribution is -2.46.